The van der Waals surface area contributed by atoms with E-state index in [0.29, 0.717) is 6.54 Å². The molecule has 18 heavy (non-hydrogen) atoms. The molecular formula is C12H17N5S. The summed E-state index contributed by atoms with van der Waals surface area (Å²) in [4.78, 5) is 2.12. The summed E-state index contributed by atoms with van der Waals surface area (Å²) in [5.41, 5.74) is 5.98. The summed E-state index contributed by atoms with van der Waals surface area (Å²) in [5, 5.41) is 4.88. The molecule has 0 atom stereocenters. The first-order chi connectivity index (χ1) is 8.74. The fraction of sp³-hybridized carbons (Fsp3) is 0.333. The molecule has 2 rings (SSSR count). The van der Waals surface area contributed by atoms with Crippen LogP contribution in [-0.2, 0) is 13.0 Å². The number of hydrogen-bond acceptors (Lipinski definition) is 6. The number of nitrogens with zero attached hydrogens (tertiary/aromatic N) is 3. The Morgan fingerprint density at radius 2 is 2.06 bits per heavy atom. The van der Waals surface area contributed by atoms with Crippen molar-refractivity contribution >= 4 is 22.2 Å². The van der Waals surface area contributed by atoms with Crippen LogP contribution in [-0.4, -0.2) is 16.6 Å². The molecule has 0 amide bonds. The highest BCUT2D eigenvalue weighted by Gasteiger charge is 2.10. The first-order valence-corrected chi connectivity index (χ1v) is 6.60. The normalized spacial score (nSPS) is 10.4. The van der Waals surface area contributed by atoms with Crippen LogP contribution in [0.1, 0.15) is 18.2 Å². The molecule has 6 heteroatoms. The molecule has 5 nitrogen and oxygen atoms in total. The Kier molecular flexibility index (Phi) is 4.11. The number of aryl methyl sites for hydroxylation is 1. The highest BCUT2D eigenvalue weighted by molar-refractivity contribution is 7.10. The number of hydrogen-bond donors (Lipinski definition) is 2. The SMILES string of the molecule is CCc1ccc(N(C)Cc2nnsc2NN)cc1. The van der Waals surface area contributed by atoms with Gasteiger partial charge in [0.05, 0.1) is 6.54 Å². The topological polar surface area (TPSA) is 67.1 Å². The van der Waals surface area contributed by atoms with Gasteiger partial charge < -0.3 is 10.3 Å². The van der Waals surface area contributed by atoms with Crippen LogP contribution in [0, 0.1) is 0 Å². The molecule has 0 aliphatic carbocycles. The van der Waals surface area contributed by atoms with E-state index in [2.05, 4.69) is 51.1 Å². The minimum atomic E-state index is 0.682. The van der Waals surface area contributed by atoms with E-state index < -0.39 is 0 Å². The summed E-state index contributed by atoms with van der Waals surface area (Å²) in [5.74, 6) is 5.41. The van der Waals surface area contributed by atoms with Crippen LogP contribution in [0.25, 0.3) is 0 Å². The fourth-order valence-electron chi connectivity index (χ4n) is 1.72. The van der Waals surface area contributed by atoms with E-state index in [1.807, 2.05) is 7.05 Å². The number of benzene rings is 1. The number of nitrogens with one attached hydrogen (secondary N) is 1. The molecule has 1 aromatic carbocycles. The highest BCUT2D eigenvalue weighted by atomic mass is 32.1. The Morgan fingerprint density at radius 3 is 2.67 bits per heavy atom. The summed E-state index contributed by atoms with van der Waals surface area (Å²) in [7, 11) is 2.03. The fourth-order valence-corrected chi connectivity index (χ4v) is 2.21. The maximum atomic E-state index is 5.41. The molecule has 0 radical (unpaired) electrons. The van der Waals surface area contributed by atoms with Crippen LogP contribution in [0.15, 0.2) is 24.3 Å². The average molecular weight is 263 g/mol. The molecule has 0 unspecified atom stereocenters. The first-order valence-electron chi connectivity index (χ1n) is 5.82. The molecule has 0 saturated carbocycles. The monoisotopic (exact) mass is 263 g/mol. The summed E-state index contributed by atoms with van der Waals surface area (Å²) >= 11 is 1.27. The van der Waals surface area contributed by atoms with Crippen molar-refractivity contribution in [1.29, 1.82) is 0 Å². The zero-order chi connectivity index (χ0) is 13.0. The molecule has 1 heterocycles. The van der Waals surface area contributed by atoms with Gasteiger partial charge in [0.1, 0.15) is 10.7 Å². The van der Waals surface area contributed by atoms with Crippen molar-refractivity contribution < 1.29 is 0 Å². The van der Waals surface area contributed by atoms with E-state index in [-0.39, 0.29) is 0 Å². The van der Waals surface area contributed by atoms with Gasteiger partial charge in [-0.1, -0.05) is 23.5 Å². The molecule has 96 valence electrons. The third-order valence-corrected chi connectivity index (χ3v) is 3.56. The number of nitrogen functional groups attached to an aromatic ring is 1. The van der Waals surface area contributed by atoms with E-state index in [1.165, 1.54) is 17.1 Å². The number of anilines is 2. The molecule has 0 bridgehead atoms. The Labute approximate surface area is 111 Å². The zero-order valence-electron chi connectivity index (χ0n) is 10.6. The summed E-state index contributed by atoms with van der Waals surface area (Å²) in [6.07, 6.45) is 1.06. The van der Waals surface area contributed by atoms with Crippen molar-refractivity contribution in [2.24, 2.45) is 5.84 Å². The molecule has 0 aliphatic rings. The second-order valence-corrected chi connectivity index (χ2v) is 4.82. The van der Waals surface area contributed by atoms with Gasteiger partial charge in [-0.2, -0.15) is 0 Å². The van der Waals surface area contributed by atoms with Crippen molar-refractivity contribution in [2.75, 3.05) is 17.4 Å². The van der Waals surface area contributed by atoms with Crippen molar-refractivity contribution in [3.8, 4) is 0 Å². The Bertz CT molecular complexity index is 493. The van der Waals surface area contributed by atoms with Gasteiger partial charge in [0.15, 0.2) is 0 Å². The van der Waals surface area contributed by atoms with Crippen LogP contribution in [0.4, 0.5) is 10.7 Å². The quantitative estimate of drug-likeness (QED) is 0.638. The molecule has 0 spiro atoms. The van der Waals surface area contributed by atoms with Gasteiger partial charge in [-0.3, -0.25) is 0 Å². The molecule has 0 aliphatic heterocycles. The molecule has 1 aromatic heterocycles. The number of hydrazine groups is 1. The smallest absolute Gasteiger partial charge is 0.149 e. The van der Waals surface area contributed by atoms with Crippen LogP contribution in [0.3, 0.4) is 0 Å². The maximum absolute atomic E-state index is 5.41. The molecule has 2 aromatic rings. The van der Waals surface area contributed by atoms with Gasteiger partial charge in [0.2, 0.25) is 0 Å². The van der Waals surface area contributed by atoms with Gasteiger partial charge in [0, 0.05) is 24.3 Å². The second-order valence-electron chi connectivity index (χ2n) is 4.07. The lowest BCUT2D eigenvalue weighted by Gasteiger charge is -2.18. The minimum absolute atomic E-state index is 0.682. The minimum Gasteiger partial charge on any atom is -0.368 e. The van der Waals surface area contributed by atoms with Gasteiger partial charge in [-0.25, -0.2) is 5.84 Å². The third kappa shape index (κ3) is 2.77. The van der Waals surface area contributed by atoms with Crippen molar-refractivity contribution in [2.45, 2.75) is 19.9 Å². The predicted molar refractivity (Wildman–Crippen MR) is 75.6 cm³/mol. The first kappa shape index (κ1) is 12.8. The summed E-state index contributed by atoms with van der Waals surface area (Å²) < 4.78 is 3.89. The van der Waals surface area contributed by atoms with E-state index in [9.17, 15) is 0 Å². The van der Waals surface area contributed by atoms with Crippen molar-refractivity contribution in [1.82, 2.24) is 9.59 Å². The molecular weight excluding hydrogens is 246 g/mol. The Hall–Kier alpha value is -1.66. The van der Waals surface area contributed by atoms with Gasteiger partial charge in [0.25, 0.3) is 0 Å². The summed E-state index contributed by atoms with van der Waals surface area (Å²) in [6.45, 7) is 2.83. The van der Waals surface area contributed by atoms with E-state index in [0.717, 1.165) is 22.8 Å². The van der Waals surface area contributed by atoms with Gasteiger partial charge in [-0.05, 0) is 24.1 Å². The van der Waals surface area contributed by atoms with Crippen LogP contribution in [0.5, 0.6) is 0 Å². The Morgan fingerprint density at radius 1 is 1.33 bits per heavy atom. The lowest BCUT2D eigenvalue weighted by molar-refractivity contribution is 0.872. The largest absolute Gasteiger partial charge is 0.368 e. The summed E-state index contributed by atoms with van der Waals surface area (Å²) in [6, 6.07) is 8.53. The average Bonchev–Trinajstić information content (AvgIpc) is 2.86. The van der Waals surface area contributed by atoms with Gasteiger partial charge in [-0.15, -0.1) is 5.10 Å². The lowest BCUT2D eigenvalue weighted by Crippen LogP contribution is -2.18. The third-order valence-electron chi connectivity index (χ3n) is 2.86. The van der Waals surface area contributed by atoms with E-state index in [1.54, 1.807) is 0 Å². The van der Waals surface area contributed by atoms with Crippen LogP contribution < -0.4 is 16.2 Å². The lowest BCUT2D eigenvalue weighted by atomic mass is 10.1. The van der Waals surface area contributed by atoms with Crippen LogP contribution >= 0.6 is 11.5 Å². The predicted octanol–water partition coefficient (Wildman–Crippen LogP) is 2.02. The highest BCUT2D eigenvalue weighted by Crippen LogP contribution is 2.21. The molecule has 0 fully saturated rings. The maximum Gasteiger partial charge on any atom is 0.149 e. The van der Waals surface area contributed by atoms with E-state index in [4.69, 9.17) is 5.84 Å². The number of aromatic nitrogens is 2. The van der Waals surface area contributed by atoms with Crippen molar-refractivity contribution in [3.63, 3.8) is 0 Å². The van der Waals surface area contributed by atoms with Crippen molar-refractivity contribution in [3.05, 3.63) is 35.5 Å². The number of rotatable bonds is 5. The van der Waals surface area contributed by atoms with E-state index >= 15 is 0 Å². The standard InChI is InChI=1S/C12H17N5S/c1-3-9-4-6-10(7-5-9)17(2)8-11-12(14-13)18-16-15-11/h4-7,14H,3,8,13H2,1-2H3. The Balaban J connectivity index is 2.09. The van der Waals surface area contributed by atoms with Gasteiger partial charge >= 0.3 is 0 Å². The molecule has 3 N–H and O–H groups in total. The van der Waals surface area contributed by atoms with Crippen LogP contribution in [0.2, 0.25) is 0 Å². The second kappa shape index (κ2) is 5.79. The zero-order valence-corrected chi connectivity index (χ0v) is 11.4. The molecule has 0 saturated heterocycles. The number of nitrogens with two attached hydrogens (primary N) is 1.